The molecule has 6 heteroatoms. The zero-order valence-electron chi connectivity index (χ0n) is 11.0. The third-order valence-corrected chi connectivity index (χ3v) is 3.03. The van der Waals surface area contributed by atoms with Crippen LogP contribution in [0.3, 0.4) is 0 Å². The standard InChI is InChI=1S/C12H18N6/c1-4-18(5-2)9-6-7-14-12(11(9)13)10-8-15-16-17(10)3/h6-8H,4-5,13H2,1-3H3. The smallest absolute Gasteiger partial charge is 0.115 e. The van der Waals surface area contributed by atoms with Crippen LogP contribution in [-0.4, -0.2) is 33.1 Å². The molecule has 6 nitrogen and oxygen atoms in total. The molecule has 0 radical (unpaired) electrons. The molecule has 0 aliphatic heterocycles. The molecular weight excluding hydrogens is 228 g/mol. The maximum absolute atomic E-state index is 6.22. The Hall–Kier alpha value is -2.11. The van der Waals surface area contributed by atoms with Gasteiger partial charge < -0.3 is 10.6 Å². The summed E-state index contributed by atoms with van der Waals surface area (Å²) >= 11 is 0. The summed E-state index contributed by atoms with van der Waals surface area (Å²) < 4.78 is 1.67. The summed E-state index contributed by atoms with van der Waals surface area (Å²) in [6.07, 6.45) is 3.44. The molecule has 96 valence electrons. The zero-order valence-corrected chi connectivity index (χ0v) is 11.0. The second-order valence-electron chi connectivity index (χ2n) is 4.01. The molecule has 2 N–H and O–H groups in total. The molecule has 0 aromatic carbocycles. The van der Waals surface area contributed by atoms with Crippen LogP contribution >= 0.6 is 0 Å². The Kier molecular flexibility index (Phi) is 3.45. The van der Waals surface area contributed by atoms with E-state index in [0.29, 0.717) is 5.69 Å². The van der Waals surface area contributed by atoms with Gasteiger partial charge in [-0.3, -0.25) is 4.98 Å². The van der Waals surface area contributed by atoms with Crippen molar-refractivity contribution in [1.82, 2.24) is 20.0 Å². The molecule has 2 aromatic rings. The number of nitrogens with zero attached hydrogens (tertiary/aromatic N) is 5. The third kappa shape index (κ3) is 2.01. The summed E-state index contributed by atoms with van der Waals surface area (Å²) in [5, 5.41) is 7.76. The van der Waals surface area contributed by atoms with Crippen molar-refractivity contribution in [3.05, 3.63) is 18.5 Å². The van der Waals surface area contributed by atoms with E-state index in [0.717, 1.165) is 30.2 Å². The molecule has 0 saturated carbocycles. The molecule has 0 spiro atoms. The number of hydrogen-bond donors (Lipinski definition) is 1. The van der Waals surface area contributed by atoms with Crippen LogP contribution < -0.4 is 10.6 Å². The van der Waals surface area contributed by atoms with Crippen molar-refractivity contribution in [3.8, 4) is 11.4 Å². The van der Waals surface area contributed by atoms with Gasteiger partial charge in [0.05, 0.1) is 17.6 Å². The van der Waals surface area contributed by atoms with Crippen LogP contribution in [0.2, 0.25) is 0 Å². The van der Waals surface area contributed by atoms with Crippen molar-refractivity contribution >= 4 is 11.4 Å². The van der Waals surface area contributed by atoms with Gasteiger partial charge in [-0.15, -0.1) is 5.10 Å². The Morgan fingerprint density at radius 1 is 1.33 bits per heavy atom. The molecule has 0 aliphatic carbocycles. The van der Waals surface area contributed by atoms with Gasteiger partial charge in [0.2, 0.25) is 0 Å². The number of aromatic nitrogens is 4. The van der Waals surface area contributed by atoms with Gasteiger partial charge in [0, 0.05) is 26.3 Å². The molecule has 0 aliphatic rings. The van der Waals surface area contributed by atoms with E-state index in [1.54, 1.807) is 17.1 Å². The van der Waals surface area contributed by atoms with Crippen molar-refractivity contribution in [2.45, 2.75) is 13.8 Å². The Bertz CT molecular complexity index is 529. The van der Waals surface area contributed by atoms with Gasteiger partial charge in [0.15, 0.2) is 0 Å². The number of anilines is 2. The van der Waals surface area contributed by atoms with Gasteiger partial charge in [-0.2, -0.15) is 0 Å². The molecule has 0 unspecified atom stereocenters. The lowest BCUT2D eigenvalue weighted by Crippen LogP contribution is -2.23. The van der Waals surface area contributed by atoms with Gasteiger partial charge in [-0.25, -0.2) is 4.68 Å². The monoisotopic (exact) mass is 246 g/mol. The average Bonchev–Trinajstić information content (AvgIpc) is 2.79. The van der Waals surface area contributed by atoms with E-state index in [-0.39, 0.29) is 0 Å². The second-order valence-corrected chi connectivity index (χ2v) is 4.01. The normalized spacial score (nSPS) is 10.6. The third-order valence-electron chi connectivity index (χ3n) is 3.03. The number of nitrogen functional groups attached to an aromatic ring is 1. The molecule has 2 rings (SSSR count). The van der Waals surface area contributed by atoms with E-state index < -0.39 is 0 Å². The lowest BCUT2D eigenvalue weighted by atomic mass is 10.2. The van der Waals surface area contributed by atoms with Gasteiger partial charge in [-0.05, 0) is 19.9 Å². The van der Waals surface area contributed by atoms with Crippen molar-refractivity contribution < 1.29 is 0 Å². The first-order valence-electron chi connectivity index (χ1n) is 6.03. The van der Waals surface area contributed by atoms with E-state index in [9.17, 15) is 0 Å². The van der Waals surface area contributed by atoms with E-state index in [1.165, 1.54) is 0 Å². The highest BCUT2D eigenvalue weighted by molar-refractivity contribution is 5.81. The summed E-state index contributed by atoms with van der Waals surface area (Å²) in [6, 6.07) is 1.94. The molecule has 2 heterocycles. The largest absolute Gasteiger partial charge is 0.395 e. The molecule has 0 bridgehead atoms. The predicted molar refractivity (Wildman–Crippen MR) is 72.2 cm³/mol. The van der Waals surface area contributed by atoms with Crippen LogP contribution in [0.1, 0.15) is 13.8 Å². The van der Waals surface area contributed by atoms with Crippen LogP contribution in [0, 0.1) is 0 Å². The summed E-state index contributed by atoms with van der Waals surface area (Å²) in [5.41, 5.74) is 9.45. The molecule has 0 fully saturated rings. The van der Waals surface area contributed by atoms with E-state index in [2.05, 4.69) is 34.0 Å². The highest BCUT2D eigenvalue weighted by Crippen LogP contribution is 2.30. The fourth-order valence-corrected chi connectivity index (χ4v) is 2.01. The lowest BCUT2D eigenvalue weighted by Gasteiger charge is -2.23. The molecule has 0 saturated heterocycles. The Morgan fingerprint density at radius 2 is 2.06 bits per heavy atom. The fourth-order valence-electron chi connectivity index (χ4n) is 2.01. The highest BCUT2D eigenvalue weighted by atomic mass is 15.4. The van der Waals surface area contributed by atoms with Gasteiger partial charge in [-0.1, -0.05) is 5.21 Å². The van der Waals surface area contributed by atoms with Gasteiger partial charge in [0.1, 0.15) is 11.4 Å². The molecule has 0 atom stereocenters. The fraction of sp³-hybridized carbons (Fsp3) is 0.417. The van der Waals surface area contributed by atoms with Crippen LogP contribution in [0.5, 0.6) is 0 Å². The molecule has 2 aromatic heterocycles. The number of pyridine rings is 1. The average molecular weight is 246 g/mol. The predicted octanol–water partition coefficient (Wildman–Crippen LogP) is 1.31. The van der Waals surface area contributed by atoms with Crippen LogP contribution in [0.15, 0.2) is 18.5 Å². The minimum absolute atomic E-state index is 0.673. The van der Waals surface area contributed by atoms with Gasteiger partial charge >= 0.3 is 0 Å². The maximum Gasteiger partial charge on any atom is 0.115 e. The first-order chi connectivity index (χ1) is 8.69. The number of hydrogen-bond acceptors (Lipinski definition) is 5. The Labute approximate surface area is 106 Å². The van der Waals surface area contributed by atoms with Crippen LogP contribution in [0.4, 0.5) is 11.4 Å². The summed E-state index contributed by atoms with van der Waals surface area (Å²) in [5.74, 6) is 0. The Balaban J connectivity index is 2.52. The van der Waals surface area contributed by atoms with Crippen LogP contribution in [0.25, 0.3) is 11.4 Å². The summed E-state index contributed by atoms with van der Waals surface area (Å²) in [4.78, 5) is 6.54. The number of rotatable bonds is 4. The first-order valence-corrected chi connectivity index (χ1v) is 6.03. The quantitative estimate of drug-likeness (QED) is 0.880. The lowest BCUT2D eigenvalue weighted by molar-refractivity contribution is 0.719. The molecule has 18 heavy (non-hydrogen) atoms. The summed E-state index contributed by atoms with van der Waals surface area (Å²) in [7, 11) is 1.83. The zero-order chi connectivity index (χ0) is 13.1. The highest BCUT2D eigenvalue weighted by Gasteiger charge is 2.14. The van der Waals surface area contributed by atoms with Crippen molar-refractivity contribution in [2.75, 3.05) is 23.7 Å². The minimum atomic E-state index is 0.673. The molecule has 0 amide bonds. The van der Waals surface area contributed by atoms with E-state index in [1.807, 2.05) is 13.1 Å². The SMILES string of the molecule is CCN(CC)c1ccnc(-c2cnnn2C)c1N. The van der Waals surface area contributed by atoms with E-state index in [4.69, 9.17) is 5.73 Å². The summed E-state index contributed by atoms with van der Waals surface area (Å²) in [6.45, 7) is 6.03. The van der Waals surface area contributed by atoms with Crippen molar-refractivity contribution in [3.63, 3.8) is 0 Å². The van der Waals surface area contributed by atoms with Crippen molar-refractivity contribution in [2.24, 2.45) is 7.05 Å². The van der Waals surface area contributed by atoms with Gasteiger partial charge in [0.25, 0.3) is 0 Å². The van der Waals surface area contributed by atoms with E-state index >= 15 is 0 Å². The second kappa shape index (κ2) is 5.03. The minimum Gasteiger partial charge on any atom is -0.395 e. The topological polar surface area (TPSA) is 72.9 Å². The molecular formula is C12H18N6. The Morgan fingerprint density at radius 3 is 2.61 bits per heavy atom. The van der Waals surface area contributed by atoms with Crippen LogP contribution in [-0.2, 0) is 7.05 Å². The number of nitrogens with two attached hydrogens (primary N) is 1. The maximum atomic E-state index is 6.22. The number of aryl methyl sites for hydroxylation is 1. The van der Waals surface area contributed by atoms with Crippen molar-refractivity contribution in [1.29, 1.82) is 0 Å². The first kappa shape index (κ1) is 12.3.